The first-order valence-corrected chi connectivity index (χ1v) is 6.99. The second kappa shape index (κ2) is 6.52. The van der Waals surface area contributed by atoms with Crippen LogP contribution in [0.3, 0.4) is 0 Å². The van der Waals surface area contributed by atoms with Crippen LogP contribution in [0.1, 0.15) is 25.7 Å². The molecule has 2 rings (SSSR count). The number of rotatable bonds is 3. The van der Waals surface area contributed by atoms with E-state index in [4.69, 9.17) is 17.0 Å². The van der Waals surface area contributed by atoms with Gasteiger partial charge in [-0.3, -0.25) is 0 Å². The van der Waals surface area contributed by atoms with Crippen LogP contribution in [-0.2, 0) is 4.74 Å². The standard InChI is InChI=1S/C12H23N3OS/c1-15-6-7-16-11(9-15)8-13-12(17)14-10-4-2-3-5-10/h10-11H,2-9H2,1H3,(H2,13,14,17). The second-order valence-electron chi connectivity index (χ2n) is 5.09. The van der Waals surface area contributed by atoms with E-state index in [0.717, 1.165) is 31.4 Å². The summed E-state index contributed by atoms with van der Waals surface area (Å²) in [7, 11) is 2.13. The Morgan fingerprint density at radius 1 is 1.41 bits per heavy atom. The van der Waals surface area contributed by atoms with E-state index in [9.17, 15) is 0 Å². The molecule has 1 unspecified atom stereocenters. The topological polar surface area (TPSA) is 36.5 Å². The van der Waals surface area contributed by atoms with Crippen molar-refractivity contribution in [2.24, 2.45) is 0 Å². The zero-order valence-electron chi connectivity index (χ0n) is 10.6. The Kier molecular flexibility index (Phi) is 5.00. The van der Waals surface area contributed by atoms with Crippen molar-refractivity contribution in [3.8, 4) is 0 Å². The number of nitrogens with zero attached hydrogens (tertiary/aromatic N) is 1. The largest absolute Gasteiger partial charge is 0.374 e. The summed E-state index contributed by atoms with van der Waals surface area (Å²) < 4.78 is 5.68. The van der Waals surface area contributed by atoms with Gasteiger partial charge in [-0.05, 0) is 32.1 Å². The Morgan fingerprint density at radius 2 is 2.18 bits per heavy atom. The van der Waals surface area contributed by atoms with E-state index in [1.54, 1.807) is 0 Å². The molecule has 0 bridgehead atoms. The summed E-state index contributed by atoms with van der Waals surface area (Å²) in [5, 5.41) is 7.44. The van der Waals surface area contributed by atoms with Crippen molar-refractivity contribution >= 4 is 17.3 Å². The molecule has 2 fully saturated rings. The third-order valence-electron chi connectivity index (χ3n) is 3.52. The van der Waals surface area contributed by atoms with E-state index in [0.29, 0.717) is 6.04 Å². The molecular formula is C12H23N3OS. The molecule has 0 aromatic carbocycles. The van der Waals surface area contributed by atoms with Gasteiger partial charge in [0.1, 0.15) is 0 Å². The first-order valence-electron chi connectivity index (χ1n) is 6.58. The lowest BCUT2D eigenvalue weighted by Gasteiger charge is -2.30. The van der Waals surface area contributed by atoms with Crippen LogP contribution in [0, 0.1) is 0 Å². The number of nitrogens with one attached hydrogen (secondary N) is 2. The Balaban J connectivity index is 1.61. The third kappa shape index (κ3) is 4.41. The number of morpholine rings is 1. The Hall–Kier alpha value is -0.390. The molecule has 0 spiro atoms. The van der Waals surface area contributed by atoms with Crippen LogP contribution in [0.25, 0.3) is 0 Å². The average molecular weight is 257 g/mol. The van der Waals surface area contributed by atoms with Crippen LogP contribution in [0.15, 0.2) is 0 Å². The molecule has 2 aliphatic rings. The highest BCUT2D eigenvalue weighted by atomic mass is 32.1. The lowest BCUT2D eigenvalue weighted by atomic mass is 10.2. The van der Waals surface area contributed by atoms with E-state index in [-0.39, 0.29) is 6.10 Å². The minimum Gasteiger partial charge on any atom is -0.374 e. The minimum absolute atomic E-state index is 0.261. The molecule has 17 heavy (non-hydrogen) atoms. The number of hydrogen-bond donors (Lipinski definition) is 2. The summed E-state index contributed by atoms with van der Waals surface area (Å²) >= 11 is 5.30. The van der Waals surface area contributed by atoms with Gasteiger partial charge in [-0.2, -0.15) is 0 Å². The quantitative estimate of drug-likeness (QED) is 0.729. The highest BCUT2D eigenvalue weighted by Gasteiger charge is 2.19. The molecule has 2 N–H and O–H groups in total. The fourth-order valence-electron chi connectivity index (χ4n) is 2.50. The molecule has 0 aromatic rings. The average Bonchev–Trinajstić information content (AvgIpc) is 2.79. The molecule has 0 amide bonds. The van der Waals surface area contributed by atoms with Gasteiger partial charge in [0, 0.05) is 25.7 Å². The summed E-state index contributed by atoms with van der Waals surface area (Å²) in [6, 6.07) is 0.588. The van der Waals surface area contributed by atoms with Gasteiger partial charge in [0.05, 0.1) is 12.7 Å². The van der Waals surface area contributed by atoms with Gasteiger partial charge in [0.25, 0.3) is 0 Å². The molecule has 1 aliphatic heterocycles. The van der Waals surface area contributed by atoms with Crippen LogP contribution >= 0.6 is 12.2 Å². The van der Waals surface area contributed by atoms with Crippen LogP contribution in [-0.4, -0.2) is 55.4 Å². The van der Waals surface area contributed by atoms with E-state index >= 15 is 0 Å². The first-order chi connectivity index (χ1) is 8.24. The van der Waals surface area contributed by atoms with Gasteiger partial charge >= 0.3 is 0 Å². The predicted molar refractivity (Wildman–Crippen MR) is 73.2 cm³/mol. The molecule has 0 radical (unpaired) electrons. The van der Waals surface area contributed by atoms with Crippen molar-refractivity contribution < 1.29 is 4.74 Å². The summed E-state index contributed by atoms with van der Waals surface area (Å²) in [6.45, 7) is 3.65. The number of hydrogen-bond acceptors (Lipinski definition) is 3. The van der Waals surface area contributed by atoms with Gasteiger partial charge in [0.15, 0.2) is 5.11 Å². The molecule has 4 nitrogen and oxygen atoms in total. The summed E-state index contributed by atoms with van der Waals surface area (Å²) in [5.74, 6) is 0. The maximum absolute atomic E-state index is 5.68. The van der Waals surface area contributed by atoms with Crippen LogP contribution in [0.5, 0.6) is 0 Å². The number of likely N-dealkylation sites (N-methyl/N-ethyl adjacent to an activating group) is 1. The summed E-state index contributed by atoms with van der Waals surface area (Å²) in [6.07, 6.45) is 5.43. The Labute approximate surface area is 109 Å². The smallest absolute Gasteiger partial charge is 0.166 e. The maximum Gasteiger partial charge on any atom is 0.166 e. The SMILES string of the molecule is CN1CCOC(CNC(=S)NC2CCCC2)C1. The van der Waals surface area contributed by atoms with Crippen molar-refractivity contribution in [2.45, 2.75) is 37.8 Å². The highest BCUT2D eigenvalue weighted by Crippen LogP contribution is 2.17. The van der Waals surface area contributed by atoms with Crippen molar-refractivity contribution in [2.75, 3.05) is 33.3 Å². The Morgan fingerprint density at radius 3 is 2.88 bits per heavy atom. The zero-order valence-corrected chi connectivity index (χ0v) is 11.4. The van der Waals surface area contributed by atoms with Crippen molar-refractivity contribution in [3.05, 3.63) is 0 Å². The Bertz CT molecular complexity index is 256. The van der Waals surface area contributed by atoms with Crippen LogP contribution < -0.4 is 10.6 Å². The maximum atomic E-state index is 5.68. The molecule has 98 valence electrons. The summed E-state index contributed by atoms with van der Waals surface area (Å²) in [4.78, 5) is 2.29. The molecule has 1 saturated carbocycles. The number of ether oxygens (including phenoxy) is 1. The third-order valence-corrected chi connectivity index (χ3v) is 3.78. The lowest BCUT2D eigenvalue weighted by molar-refractivity contribution is -0.0160. The predicted octanol–water partition coefficient (Wildman–Crippen LogP) is 0.724. The minimum atomic E-state index is 0.261. The zero-order chi connectivity index (χ0) is 12.1. The van der Waals surface area contributed by atoms with Gasteiger partial charge in [0.2, 0.25) is 0 Å². The highest BCUT2D eigenvalue weighted by molar-refractivity contribution is 7.80. The molecule has 1 atom stereocenters. The molecule has 1 saturated heterocycles. The van der Waals surface area contributed by atoms with E-state index in [1.165, 1.54) is 25.7 Å². The van der Waals surface area contributed by atoms with Crippen LogP contribution in [0.4, 0.5) is 0 Å². The molecule has 1 heterocycles. The molecule has 1 aliphatic carbocycles. The van der Waals surface area contributed by atoms with Crippen LogP contribution in [0.2, 0.25) is 0 Å². The second-order valence-corrected chi connectivity index (χ2v) is 5.50. The monoisotopic (exact) mass is 257 g/mol. The van der Waals surface area contributed by atoms with Crippen molar-refractivity contribution in [1.29, 1.82) is 0 Å². The van der Waals surface area contributed by atoms with Gasteiger partial charge < -0.3 is 20.3 Å². The summed E-state index contributed by atoms with van der Waals surface area (Å²) in [5.41, 5.74) is 0. The van der Waals surface area contributed by atoms with E-state index in [2.05, 4.69) is 22.6 Å². The van der Waals surface area contributed by atoms with Crippen molar-refractivity contribution in [1.82, 2.24) is 15.5 Å². The molecule has 5 heteroatoms. The van der Waals surface area contributed by atoms with Gasteiger partial charge in [-0.25, -0.2) is 0 Å². The van der Waals surface area contributed by atoms with E-state index < -0.39 is 0 Å². The first kappa shape index (κ1) is 13.1. The normalized spacial score (nSPS) is 27.0. The molecule has 0 aromatic heterocycles. The number of thiocarbonyl (C=S) groups is 1. The van der Waals surface area contributed by atoms with Gasteiger partial charge in [-0.1, -0.05) is 12.8 Å². The molecular weight excluding hydrogens is 234 g/mol. The van der Waals surface area contributed by atoms with E-state index in [1.807, 2.05) is 0 Å². The fourth-order valence-corrected chi connectivity index (χ4v) is 2.75. The lowest BCUT2D eigenvalue weighted by Crippen LogP contribution is -2.49. The fraction of sp³-hybridized carbons (Fsp3) is 0.917. The van der Waals surface area contributed by atoms with Gasteiger partial charge in [-0.15, -0.1) is 0 Å². The van der Waals surface area contributed by atoms with Crippen molar-refractivity contribution in [3.63, 3.8) is 0 Å².